The van der Waals surface area contributed by atoms with E-state index in [1.54, 1.807) is 37.3 Å². The Morgan fingerprint density at radius 1 is 1.00 bits per heavy atom. The normalized spacial score (nSPS) is 11.0. The molecule has 0 saturated heterocycles. The van der Waals surface area contributed by atoms with Crippen molar-refractivity contribution in [2.45, 2.75) is 13.3 Å². The number of hydrogen-bond donors (Lipinski definition) is 2. The molecule has 2 aromatic rings. The highest BCUT2D eigenvalue weighted by Crippen LogP contribution is 2.27. The number of carbonyl (C=O) groups excluding carboxylic acids is 2. The second-order valence-electron chi connectivity index (χ2n) is 5.74. The molecule has 28 heavy (non-hydrogen) atoms. The molecule has 0 atom stereocenters. The molecule has 7 nitrogen and oxygen atoms in total. The summed E-state index contributed by atoms with van der Waals surface area (Å²) < 4.78 is 10.3. The summed E-state index contributed by atoms with van der Waals surface area (Å²) >= 11 is 11.8. The largest absolute Gasteiger partial charge is 0.493 e. The molecule has 0 radical (unpaired) electrons. The second kappa shape index (κ2) is 9.96. The van der Waals surface area contributed by atoms with Gasteiger partial charge in [-0.1, -0.05) is 23.2 Å². The lowest BCUT2D eigenvalue weighted by molar-refractivity contribution is -0.115. The number of nitrogens with one attached hydrogen (secondary N) is 2. The molecule has 2 rings (SSSR count). The summed E-state index contributed by atoms with van der Waals surface area (Å²) in [4.78, 5) is 24.3. The predicted octanol–water partition coefficient (Wildman–Crippen LogP) is 4.15. The van der Waals surface area contributed by atoms with E-state index in [0.717, 1.165) is 0 Å². The van der Waals surface area contributed by atoms with Crippen LogP contribution in [-0.4, -0.2) is 31.7 Å². The maximum Gasteiger partial charge on any atom is 0.271 e. The number of methoxy groups -OCH3 is 2. The summed E-state index contributed by atoms with van der Waals surface area (Å²) in [6.07, 6.45) is -0.0175. The Bertz CT molecular complexity index is 896. The van der Waals surface area contributed by atoms with Crippen LogP contribution in [0.25, 0.3) is 0 Å². The second-order valence-corrected chi connectivity index (χ2v) is 6.61. The van der Waals surface area contributed by atoms with Crippen LogP contribution in [0, 0.1) is 0 Å². The summed E-state index contributed by atoms with van der Waals surface area (Å²) in [6.45, 7) is 1.62. The molecule has 0 heterocycles. The molecule has 9 heteroatoms. The number of hydrazone groups is 1. The molecule has 0 aliphatic rings. The van der Waals surface area contributed by atoms with Crippen LogP contribution in [0.3, 0.4) is 0 Å². The summed E-state index contributed by atoms with van der Waals surface area (Å²) in [5, 5.41) is 7.44. The van der Waals surface area contributed by atoms with Gasteiger partial charge >= 0.3 is 0 Å². The van der Waals surface area contributed by atoms with E-state index in [9.17, 15) is 9.59 Å². The Morgan fingerprint density at radius 2 is 1.64 bits per heavy atom. The van der Waals surface area contributed by atoms with E-state index in [2.05, 4.69) is 15.8 Å². The molecule has 148 valence electrons. The number of anilines is 1. The molecule has 2 N–H and O–H groups in total. The van der Waals surface area contributed by atoms with Crippen molar-refractivity contribution in [1.29, 1.82) is 0 Å². The van der Waals surface area contributed by atoms with Crippen LogP contribution in [0.4, 0.5) is 5.69 Å². The molecule has 0 aromatic heterocycles. The van der Waals surface area contributed by atoms with Crippen LogP contribution in [0.15, 0.2) is 41.5 Å². The first kappa shape index (κ1) is 21.5. The number of amides is 2. The fourth-order valence-corrected chi connectivity index (χ4v) is 2.82. The van der Waals surface area contributed by atoms with Crippen LogP contribution < -0.4 is 20.2 Å². The van der Waals surface area contributed by atoms with Crippen molar-refractivity contribution in [3.05, 3.63) is 52.0 Å². The van der Waals surface area contributed by atoms with Gasteiger partial charge in [0, 0.05) is 27.0 Å². The maximum absolute atomic E-state index is 12.2. The Morgan fingerprint density at radius 3 is 2.25 bits per heavy atom. The van der Waals surface area contributed by atoms with Gasteiger partial charge in [0.05, 0.1) is 20.6 Å². The SMILES string of the molecule is COc1ccc(C(=O)N/N=C(/C)CC(=O)Nc2cc(Cl)cc(Cl)c2)cc1OC. The quantitative estimate of drug-likeness (QED) is 0.517. The van der Waals surface area contributed by atoms with Gasteiger partial charge in [-0.15, -0.1) is 0 Å². The van der Waals surface area contributed by atoms with Gasteiger partial charge in [0.1, 0.15) is 0 Å². The molecule has 0 fully saturated rings. The molecule has 0 saturated carbocycles. The molecular weight excluding hydrogens is 405 g/mol. The van der Waals surface area contributed by atoms with E-state index in [1.165, 1.54) is 20.3 Å². The Balaban J connectivity index is 1.96. The van der Waals surface area contributed by atoms with Gasteiger partial charge in [-0.05, 0) is 43.3 Å². The van der Waals surface area contributed by atoms with Crippen molar-refractivity contribution < 1.29 is 19.1 Å². The third-order valence-electron chi connectivity index (χ3n) is 3.56. The van der Waals surface area contributed by atoms with Crippen molar-refractivity contribution in [2.75, 3.05) is 19.5 Å². The third-order valence-corrected chi connectivity index (χ3v) is 3.99. The highest BCUT2D eigenvalue weighted by Gasteiger charge is 2.11. The van der Waals surface area contributed by atoms with Crippen molar-refractivity contribution in [3.8, 4) is 11.5 Å². The molecule has 2 aromatic carbocycles. The molecule has 0 aliphatic heterocycles. The molecule has 2 amide bonds. The molecule has 0 aliphatic carbocycles. The minimum atomic E-state index is -0.442. The minimum absolute atomic E-state index is 0.0175. The fraction of sp³-hybridized carbons (Fsp3) is 0.211. The standard InChI is InChI=1S/C19H19Cl2N3O4/c1-11(6-18(25)22-15-9-13(20)8-14(21)10-15)23-24-19(26)12-4-5-16(27-2)17(7-12)28-3/h4-5,7-10H,6H2,1-3H3,(H,22,25)(H,24,26)/b23-11-. The topological polar surface area (TPSA) is 89.0 Å². The number of halogens is 2. The Kier molecular flexibility index (Phi) is 7.66. The minimum Gasteiger partial charge on any atom is -0.493 e. The number of hydrogen-bond acceptors (Lipinski definition) is 5. The van der Waals surface area contributed by atoms with Gasteiger partial charge in [-0.3, -0.25) is 9.59 Å². The first-order valence-corrected chi connectivity index (χ1v) is 8.89. The van der Waals surface area contributed by atoms with E-state index in [4.69, 9.17) is 32.7 Å². The summed E-state index contributed by atoms with van der Waals surface area (Å²) in [5.41, 5.74) is 3.64. The Hall–Kier alpha value is -2.77. The molecule has 0 unspecified atom stereocenters. The van der Waals surface area contributed by atoms with Gasteiger partial charge in [-0.2, -0.15) is 5.10 Å². The van der Waals surface area contributed by atoms with Gasteiger partial charge in [-0.25, -0.2) is 5.43 Å². The van der Waals surface area contributed by atoms with Gasteiger partial charge in [0.2, 0.25) is 5.91 Å². The molecular formula is C19H19Cl2N3O4. The summed E-state index contributed by atoms with van der Waals surface area (Å²) in [7, 11) is 2.99. The fourth-order valence-electron chi connectivity index (χ4n) is 2.29. The monoisotopic (exact) mass is 423 g/mol. The van der Waals surface area contributed by atoms with Crippen molar-refractivity contribution in [3.63, 3.8) is 0 Å². The first-order chi connectivity index (χ1) is 13.3. The summed E-state index contributed by atoms with van der Waals surface area (Å²) in [6, 6.07) is 9.46. The number of rotatable bonds is 7. The van der Waals surface area contributed by atoms with E-state index in [1.807, 2.05) is 0 Å². The number of nitrogens with zero attached hydrogens (tertiary/aromatic N) is 1. The average molecular weight is 424 g/mol. The number of carbonyl (C=O) groups is 2. The zero-order valence-corrected chi connectivity index (χ0v) is 17.0. The maximum atomic E-state index is 12.2. The van der Waals surface area contributed by atoms with Crippen molar-refractivity contribution >= 4 is 46.4 Å². The van der Waals surface area contributed by atoms with Crippen LogP contribution >= 0.6 is 23.2 Å². The van der Waals surface area contributed by atoms with E-state index in [0.29, 0.717) is 38.5 Å². The van der Waals surface area contributed by atoms with E-state index >= 15 is 0 Å². The predicted molar refractivity (Wildman–Crippen MR) is 110 cm³/mol. The van der Waals surface area contributed by atoms with Crippen LogP contribution in [-0.2, 0) is 4.79 Å². The lowest BCUT2D eigenvalue weighted by Crippen LogP contribution is -2.21. The summed E-state index contributed by atoms with van der Waals surface area (Å²) in [5.74, 6) is 0.175. The zero-order valence-electron chi connectivity index (χ0n) is 15.5. The average Bonchev–Trinajstić information content (AvgIpc) is 2.64. The van der Waals surface area contributed by atoms with Gasteiger partial charge in [0.15, 0.2) is 11.5 Å². The highest BCUT2D eigenvalue weighted by atomic mass is 35.5. The van der Waals surface area contributed by atoms with Gasteiger partial charge < -0.3 is 14.8 Å². The van der Waals surface area contributed by atoms with Crippen LogP contribution in [0.5, 0.6) is 11.5 Å². The van der Waals surface area contributed by atoms with E-state index in [-0.39, 0.29) is 12.3 Å². The lowest BCUT2D eigenvalue weighted by atomic mass is 10.2. The highest BCUT2D eigenvalue weighted by molar-refractivity contribution is 6.35. The van der Waals surface area contributed by atoms with Crippen LogP contribution in [0.2, 0.25) is 10.0 Å². The third kappa shape index (κ3) is 6.14. The Labute approximate surface area is 172 Å². The van der Waals surface area contributed by atoms with Gasteiger partial charge in [0.25, 0.3) is 5.91 Å². The number of ether oxygens (including phenoxy) is 2. The number of benzene rings is 2. The van der Waals surface area contributed by atoms with Crippen molar-refractivity contribution in [1.82, 2.24) is 5.43 Å². The first-order valence-electron chi connectivity index (χ1n) is 8.14. The van der Waals surface area contributed by atoms with Crippen LogP contribution in [0.1, 0.15) is 23.7 Å². The van der Waals surface area contributed by atoms with E-state index < -0.39 is 5.91 Å². The smallest absolute Gasteiger partial charge is 0.271 e. The zero-order chi connectivity index (χ0) is 20.7. The molecule has 0 spiro atoms. The molecule has 0 bridgehead atoms. The lowest BCUT2D eigenvalue weighted by Gasteiger charge is -2.09. The van der Waals surface area contributed by atoms with Crippen molar-refractivity contribution in [2.24, 2.45) is 5.10 Å².